The topological polar surface area (TPSA) is 38.8 Å². The van der Waals surface area contributed by atoms with Gasteiger partial charge in [0.2, 0.25) is 0 Å². The average molecular weight is 361 g/mol. The molecule has 0 aromatic heterocycles. The van der Waals surface area contributed by atoms with E-state index in [1.54, 1.807) is 12.0 Å². The lowest BCUT2D eigenvalue weighted by atomic mass is 10.0. The standard InChI is InChI=1S/C18H19NO3S2/c1-10(2)19-17(20)15(24-18(19)23)9-13-8-12-6-5-7-14(21-4)16(12)22-11(13)3/h5-11H,1-4H3/b15-9-. The number of nitrogens with zero attached hydrogens (tertiary/aromatic N) is 1. The molecule has 1 saturated heterocycles. The third-order valence-corrected chi connectivity index (χ3v) is 5.28. The minimum Gasteiger partial charge on any atom is -0.493 e. The van der Waals surface area contributed by atoms with Crippen molar-refractivity contribution < 1.29 is 14.3 Å². The number of benzene rings is 1. The monoisotopic (exact) mass is 361 g/mol. The minimum absolute atomic E-state index is 0.0375. The van der Waals surface area contributed by atoms with Crippen molar-refractivity contribution in [2.75, 3.05) is 7.11 Å². The first-order valence-corrected chi connectivity index (χ1v) is 8.97. The van der Waals surface area contributed by atoms with Crippen LogP contribution < -0.4 is 9.47 Å². The Bertz CT molecular complexity index is 768. The third kappa shape index (κ3) is 2.96. The first kappa shape index (κ1) is 17.0. The number of thioether (sulfide) groups is 1. The molecule has 2 heterocycles. The van der Waals surface area contributed by atoms with Gasteiger partial charge in [0, 0.05) is 11.6 Å². The average Bonchev–Trinajstić information content (AvgIpc) is 2.81. The zero-order valence-corrected chi connectivity index (χ0v) is 15.7. The van der Waals surface area contributed by atoms with Gasteiger partial charge >= 0.3 is 0 Å². The van der Waals surface area contributed by atoms with Gasteiger partial charge in [-0.15, -0.1) is 0 Å². The molecular formula is C18H19NO3S2. The van der Waals surface area contributed by atoms with E-state index in [0.717, 1.165) is 16.9 Å². The lowest BCUT2D eigenvalue weighted by Gasteiger charge is -2.24. The second-order valence-electron chi connectivity index (χ2n) is 5.93. The molecule has 126 valence electrons. The van der Waals surface area contributed by atoms with Crippen molar-refractivity contribution in [3.63, 3.8) is 0 Å². The fraction of sp³-hybridized carbons (Fsp3) is 0.333. The number of methoxy groups -OCH3 is 1. The van der Waals surface area contributed by atoms with Crippen LogP contribution in [-0.2, 0) is 4.79 Å². The maximum atomic E-state index is 12.5. The van der Waals surface area contributed by atoms with Gasteiger partial charge in [-0.2, -0.15) is 0 Å². The predicted octanol–water partition coefficient (Wildman–Crippen LogP) is 4.01. The van der Waals surface area contributed by atoms with Crippen molar-refractivity contribution in [3.05, 3.63) is 40.3 Å². The summed E-state index contributed by atoms with van der Waals surface area (Å²) in [4.78, 5) is 14.8. The zero-order chi connectivity index (χ0) is 17.4. The van der Waals surface area contributed by atoms with Crippen molar-refractivity contribution in [2.45, 2.75) is 32.9 Å². The van der Waals surface area contributed by atoms with Gasteiger partial charge in [-0.25, -0.2) is 0 Å². The van der Waals surface area contributed by atoms with Crippen molar-refractivity contribution in [2.24, 2.45) is 0 Å². The molecule has 0 bridgehead atoms. The predicted molar refractivity (Wildman–Crippen MR) is 101 cm³/mol. The van der Waals surface area contributed by atoms with Gasteiger partial charge in [0.15, 0.2) is 11.5 Å². The summed E-state index contributed by atoms with van der Waals surface area (Å²) in [7, 11) is 1.63. The molecule has 0 spiro atoms. The number of fused-ring (bicyclic) bond motifs is 1. The van der Waals surface area contributed by atoms with Gasteiger partial charge in [-0.1, -0.05) is 36.1 Å². The molecule has 6 heteroatoms. The van der Waals surface area contributed by atoms with Crippen molar-refractivity contribution in [1.29, 1.82) is 0 Å². The maximum Gasteiger partial charge on any atom is 0.266 e. The molecule has 1 aromatic carbocycles. The number of thiocarbonyl (C=S) groups is 1. The number of para-hydroxylation sites is 1. The molecule has 0 N–H and O–H groups in total. The van der Waals surface area contributed by atoms with Gasteiger partial charge in [0.05, 0.1) is 12.0 Å². The number of carbonyl (C=O) groups is 1. The number of carbonyl (C=O) groups excluding carboxylic acids is 1. The highest BCUT2D eigenvalue weighted by Gasteiger charge is 2.34. The molecule has 1 atom stereocenters. The number of rotatable bonds is 3. The van der Waals surface area contributed by atoms with Crippen molar-refractivity contribution in [1.82, 2.24) is 4.90 Å². The molecule has 1 unspecified atom stereocenters. The highest BCUT2D eigenvalue weighted by atomic mass is 32.2. The summed E-state index contributed by atoms with van der Waals surface area (Å²) in [5.41, 5.74) is 1.89. The summed E-state index contributed by atoms with van der Waals surface area (Å²) < 4.78 is 12.0. The molecule has 0 saturated carbocycles. The van der Waals surface area contributed by atoms with E-state index >= 15 is 0 Å². The quantitative estimate of drug-likeness (QED) is 0.601. The second kappa shape index (κ2) is 6.61. The Morgan fingerprint density at radius 3 is 2.79 bits per heavy atom. The van der Waals surface area contributed by atoms with Crippen LogP contribution in [0.3, 0.4) is 0 Å². The van der Waals surface area contributed by atoms with Gasteiger partial charge in [-0.05, 0) is 44.6 Å². The SMILES string of the molecule is COc1cccc2c1OC(C)C(/C=C1\SC(=S)N(C(C)C)C1=O)=C2. The van der Waals surface area contributed by atoms with E-state index in [1.807, 2.05) is 51.1 Å². The number of hydrogen-bond donors (Lipinski definition) is 0. The normalized spacial score (nSPS) is 21.9. The lowest BCUT2D eigenvalue weighted by molar-refractivity contribution is -0.123. The van der Waals surface area contributed by atoms with Crippen molar-refractivity contribution in [3.8, 4) is 11.5 Å². The maximum absolute atomic E-state index is 12.5. The van der Waals surface area contributed by atoms with Crippen LogP contribution in [0.1, 0.15) is 26.3 Å². The molecule has 3 rings (SSSR count). The second-order valence-corrected chi connectivity index (χ2v) is 7.60. The van der Waals surface area contributed by atoms with Gasteiger partial charge < -0.3 is 9.47 Å². The zero-order valence-electron chi connectivity index (χ0n) is 14.0. The van der Waals surface area contributed by atoms with Gasteiger partial charge in [0.25, 0.3) is 5.91 Å². The van der Waals surface area contributed by atoms with Crippen LogP contribution >= 0.6 is 24.0 Å². The Balaban J connectivity index is 1.97. The van der Waals surface area contributed by atoms with Crippen LogP contribution in [0.25, 0.3) is 6.08 Å². The Morgan fingerprint density at radius 1 is 1.42 bits per heavy atom. The van der Waals surface area contributed by atoms with Gasteiger partial charge in [-0.3, -0.25) is 9.69 Å². The first-order chi connectivity index (χ1) is 11.4. The first-order valence-electron chi connectivity index (χ1n) is 7.74. The molecule has 1 amide bonds. The van der Waals surface area contributed by atoms with Crippen LogP contribution in [0.15, 0.2) is 34.8 Å². The summed E-state index contributed by atoms with van der Waals surface area (Å²) in [5, 5.41) is 0. The van der Waals surface area contributed by atoms with E-state index < -0.39 is 0 Å². The Morgan fingerprint density at radius 2 is 2.17 bits per heavy atom. The van der Waals surface area contributed by atoms with Crippen molar-refractivity contribution >= 4 is 40.3 Å². The summed E-state index contributed by atoms with van der Waals surface area (Å²) >= 11 is 6.67. The smallest absolute Gasteiger partial charge is 0.266 e. The number of hydrogen-bond acceptors (Lipinski definition) is 5. The number of amides is 1. The van der Waals surface area contributed by atoms with Crippen LogP contribution in [0.2, 0.25) is 0 Å². The molecule has 1 aromatic rings. The largest absolute Gasteiger partial charge is 0.493 e. The highest BCUT2D eigenvalue weighted by molar-refractivity contribution is 8.26. The van der Waals surface area contributed by atoms with E-state index in [9.17, 15) is 4.79 Å². The van der Waals surface area contributed by atoms with Crippen LogP contribution in [0.5, 0.6) is 11.5 Å². The van der Waals surface area contributed by atoms with E-state index in [-0.39, 0.29) is 18.1 Å². The van der Waals surface area contributed by atoms with E-state index in [4.69, 9.17) is 21.7 Å². The lowest BCUT2D eigenvalue weighted by Crippen LogP contribution is -2.34. The van der Waals surface area contributed by atoms with Crippen LogP contribution in [0, 0.1) is 0 Å². The van der Waals surface area contributed by atoms with E-state index in [0.29, 0.717) is 15.0 Å². The molecule has 24 heavy (non-hydrogen) atoms. The molecule has 2 aliphatic rings. The summed E-state index contributed by atoms with van der Waals surface area (Å²) in [6.07, 6.45) is 3.75. The Kier molecular flexibility index (Phi) is 4.69. The molecule has 0 aliphatic carbocycles. The molecule has 2 aliphatic heterocycles. The van der Waals surface area contributed by atoms with E-state index in [2.05, 4.69) is 0 Å². The highest BCUT2D eigenvalue weighted by Crippen LogP contribution is 2.40. The third-order valence-electron chi connectivity index (χ3n) is 3.95. The summed E-state index contributed by atoms with van der Waals surface area (Å²) in [6, 6.07) is 5.82. The minimum atomic E-state index is -0.170. The fourth-order valence-electron chi connectivity index (χ4n) is 2.71. The Labute approximate surface area is 151 Å². The molecule has 1 fully saturated rings. The Hall–Kier alpha value is -1.79. The van der Waals surface area contributed by atoms with Gasteiger partial charge in [0.1, 0.15) is 10.4 Å². The van der Waals surface area contributed by atoms with Crippen LogP contribution in [-0.4, -0.2) is 34.4 Å². The molecule has 4 nitrogen and oxygen atoms in total. The van der Waals surface area contributed by atoms with E-state index in [1.165, 1.54) is 11.8 Å². The summed E-state index contributed by atoms with van der Waals surface area (Å²) in [6.45, 7) is 5.88. The molecule has 0 radical (unpaired) electrons. The fourth-order valence-corrected chi connectivity index (χ4v) is 4.23. The number of ether oxygens (including phenoxy) is 2. The van der Waals surface area contributed by atoms with Crippen LogP contribution in [0.4, 0.5) is 0 Å². The summed E-state index contributed by atoms with van der Waals surface area (Å²) in [5.74, 6) is 1.41. The molecular weight excluding hydrogens is 342 g/mol.